The number of carbonyl (C=O) groups excluding carboxylic acids is 2. The van der Waals surface area contributed by atoms with Crippen molar-refractivity contribution in [1.82, 2.24) is 0 Å². The van der Waals surface area contributed by atoms with Gasteiger partial charge in [0.1, 0.15) is 18.2 Å². The summed E-state index contributed by atoms with van der Waals surface area (Å²) in [6, 6.07) is 5.49. The largest absolute Gasteiger partial charge is 0.486 e. The van der Waals surface area contributed by atoms with Crippen molar-refractivity contribution in [2.45, 2.75) is 32.6 Å². The van der Waals surface area contributed by atoms with Crippen LogP contribution in [0.1, 0.15) is 39.7 Å². The molecule has 27 heavy (non-hydrogen) atoms. The van der Waals surface area contributed by atoms with Crippen molar-refractivity contribution in [2.24, 2.45) is 11.7 Å². The first kappa shape index (κ1) is 17.9. The molecule has 0 fully saturated rings. The standard InChI is InChI=1S/C20H22N2O4S/c1-11-2-4-13-16(8-11)27-20(18(13)19(21)24)22-17(23)10-12-3-5-14-15(9-12)26-7-6-25-14/h3,5,9,11H,2,4,6-8,10H2,1H3,(H2,21,24)(H,22,23). The molecule has 0 bridgehead atoms. The number of rotatable bonds is 4. The Balaban J connectivity index is 1.52. The van der Waals surface area contributed by atoms with E-state index in [-0.39, 0.29) is 12.3 Å². The van der Waals surface area contributed by atoms with E-state index in [1.165, 1.54) is 11.3 Å². The molecule has 1 aliphatic carbocycles. The Labute approximate surface area is 161 Å². The number of nitrogens with one attached hydrogen (secondary N) is 1. The number of hydrogen-bond donors (Lipinski definition) is 2. The molecule has 142 valence electrons. The van der Waals surface area contributed by atoms with Crippen molar-refractivity contribution in [1.29, 1.82) is 0 Å². The first-order chi connectivity index (χ1) is 13.0. The van der Waals surface area contributed by atoms with E-state index in [1.807, 2.05) is 18.2 Å². The maximum atomic E-state index is 12.6. The summed E-state index contributed by atoms with van der Waals surface area (Å²) in [6.07, 6.45) is 2.99. The number of anilines is 1. The summed E-state index contributed by atoms with van der Waals surface area (Å²) < 4.78 is 11.1. The average molecular weight is 386 g/mol. The molecule has 1 unspecified atom stereocenters. The van der Waals surface area contributed by atoms with Crippen molar-refractivity contribution >= 4 is 28.2 Å². The third kappa shape index (κ3) is 3.64. The highest BCUT2D eigenvalue weighted by Gasteiger charge is 2.27. The van der Waals surface area contributed by atoms with E-state index in [0.29, 0.717) is 41.2 Å². The predicted octanol–water partition coefficient (Wildman–Crippen LogP) is 2.92. The monoisotopic (exact) mass is 386 g/mol. The molecule has 0 saturated heterocycles. The van der Waals surface area contributed by atoms with Crippen LogP contribution in [0.2, 0.25) is 0 Å². The molecule has 0 radical (unpaired) electrons. The number of thiophene rings is 1. The lowest BCUT2D eigenvalue weighted by Crippen LogP contribution is -2.20. The van der Waals surface area contributed by atoms with Crippen LogP contribution in [0.15, 0.2) is 18.2 Å². The summed E-state index contributed by atoms with van der Waals surface area (Å²) in [5, 5.41) is 3.47. The molecule has 2 aliphatic rings. The molecule has 2 amide bonds. The molecule has 0 spiro atoms. The molecular weight excluding hydrogens is 364 g/mol. The van der Waals surface area contributed by atoms with E-state index < -0.39 is 5.91 Å². The first-order valence-corrected chi connectivity index (χ1v) is 9.95. The lowest BCUT2D eigenvalue weighted by molar-refractivity contribution is -0.115. The second kappa shape index (κ2) is 7.23. The number of nitrogens with two attached hydrogens (primary N) is 1. The number of fused-ring (bicyclic) bond motifs is 2. The molecule has 0 saturated carbocycles. The van der Waals surface area contributed by atoms with Gasteiger partial charge in [-0.05, 0) is 48.4 Å². The quantitative estimate of drug-likeness (QED) is 0.845. The van der Waals surface area contributed by atoms with E-state index in [4.69, 9.17) is 15.2 Å². The van der Waals surface area contributed by atoms with Gasteiger partial charge in [0.25, 0.3) is 5.91 Å². The van der Waals surface area contributed by atoms with Gasteiger partial charge in [-0.1, -0.05) is 13.0 Å². The van der Waals surface area contributed by atoms with E-state index in [0.717, 1.165) is 35.3 Å². The lowest BCUT2D eigenvalue weighted by Gasteiger charge is -2.18. The van der Waals surface area contributed by atoms with Crippen LogP contribution >= 0.6 is 11.3 Å². The van der Waals surface area contributed by atoms with Crippen LogP contribution in [0.3, 0.4) is 0 Å². The van der Waals surface area contributed by atoms with E-state index in [2.05, 4.69) is 12.2 Å². The summed E-state index contributed by atoms with van der Waals surface area (Å²) in [5.74, 6) is 1.28. The number of ether oxygens (including phenoxy) is 2. The van der Waals surface area contributed by atoms with Crippen LogP contribution in [0.5, 0.6) is 11.5 Å². The minimum Gasteiger partial charge on any atom is -0.486 e. The Morgan fingerprint density at radius 2 is 2.04 bits per heavy atom. The summed E-state index contributed by atoms with van der Waals surface area (Å²) in [5.41, 5.74) is 7.93. The molecule has 3 N–H and O–H groups in total. The molecule has 1 aliphatic heterocycles. The SMILES string of the molecule is CC1CCc2c(sc(NC(=O)Cc3ccc4c(c3)OCCO4)c2C(N)=O)C1. The molecule has 2 aromatic rings. The zero-order valence-corrected chi connectivity index (χ0v) is 16.0. The smallest absolute Gasteiger partial charge is 0.251 e. The van der Waals surface area contributed by atoms with Crippen LogP contribution in [-0.4, -0.2) is 25.0 Å². The van der Waals surface area contributed by atoms with Crippen LogP contribution < -0.4 is 20.5 Å². The van der Waals surface area contributed by atoms with Crippen molar-refractivity contribution < 1.29 is 19.1 Å². The number of hydrogen-bond acceptors (Lipinski definition) is 5. The van der Waals surface area contributed by atoms with Gasteiger partial charge >= 0.3 is 0 Å². The van der Waals surface area contributed by atoms with Crippen LogP contribution in [-0.2, 0) is 24.1 Å². The molecule has 1 aromatic carbocycles. The van der Waals surface area contributed by atoms with Gasteiger partial charge in [-0.2, -0.15) is 0 Å². The van der Waals surface area contributed by atoms with Gasteiger partial charge in [-0.3, -0.25) is 9.59 Å². The second-order valence-corrected chi connectivity index (χ2v) is 8.23. The second-order valence-electron chi connectivity index (χ2n) is 7.12. The van der Waals surface area contributed by atoms with Crippen LogP contribution in [0.25, 0.3) is 0 Å². The highest BCUT2D eigenvalue weighted by Crippen LogP contribution is 2.39. The minimum atomic E-state index is -0.475. The number of primary amides is 1. The fourth-order valence-electron chi connectivity index (χ4n) is 3.65. The highest BCUT2D eigenvalue weighted by atomic mass is 32.1. The van der Waals surface area contributed by atoms with Crippen molar-refractivity contribution in [3.8, 4) is 11.5 Å². The molecule has 2 heterocycles. The molecule has 7 heteroatoms. The zero-order valence-electron chi connectivity index (χ0n) is 15.2. The summed E-state index contributed by atoms with van der Waals surface area (Å²) >= 11 is 1.48. The van der Waals surface area contributed by atoms with Gasteiger partial charge in [0, 0.05) is 4.88 Å². The Kier molecular flexibility index (Phi) is 4.78. The van der Waals surface area contributed by atoms with Gasteiger partial charge < -0.3 is 20.5 Å². The van der Waals surface area contributed by atoms with Gasteiger partial charge in [-0.15, -0.1) is 11.3 Å². The Bertz CT molecular complexity index is 906. The summed E-state index contributed by atoms with van der Waals surface area (Å²) in [6.45, 7) is 3.24. The van der Waals surface area contributed by atoms with Gasteiger partial charge in [-0.25, -0.2) is 0 Å². The first-order valence-electron chi connectivity index (χ1n) is 9.14. The van der Waals surface area contributed by atoms with Crippen molar-refractivity contribution in [2.75, 3.05) is 18.5 Å². The number of benzene rings is 1. The molecule has 1 atom stereocenters. The number of carbonyl (C=O) groups is 2. The van der Waals surface area contributed by atoms with Gasteiger partial charge in [0.2, 0.25) is 5.91 Å². The van der Waals surface area contributed by atoms with E-state index in [1.54, 1.807) is 0 Å². The Morgan fingerprint density at radius 3 is 2.81 bits per heavy atom. The van der Waals surface area contributed by atoms with Gasteiger partial charge in [0.15, 0.2) is 11.5 Å². The fourth-order valence-corrected chi connectivity index (χ4v) is 5.09. The summed E-state index contributed by atoms with van der Waals surface area (Å²) in [4.78, 5) is 25.7. The minimum absolute atomic E-state index is 0.180. The normalized spacial score (nSPS) is 17.9. The third-order valence-electron chi connectivity index (χ3n) is 4.98. The maximum absolute atomic E-state index is 12.6. The molecule has 4 rings (SSSR count). The van der Waals surface area contributed by atoms with E-state index in [9.17, 15) is 9.59 Å². The summed E-state index contributed by atoms with van der Waals surface area (Å²) in [7, 11) is 0. The third-order valence-corrected chi connectivity index (χ3v) is 6.15. The maximum Gasteiger partial charge on any atom is 0.251 e. The fraction of sp³-hybridized carbons (Fsp3) is 0.400. The molecular formula is C20H22N2O4S. The Morgan fingerprint density at radius 1 is 1.26 bits per heavy atom. The predicted molar refractivity (Wildman–Crippen MR) is 104 cm³/mol. The zero-order chi connectivity index (χ0) is 19.0. The topological polar surface area (TPSA) is 90.7 Å². The molecule has 1 aromatic heterocycles. The van der Waals surface area contributed by atoms with Crippen molar-refractivity contribution in [3.63, 3.8) is 0 Å². The van der Waals surface area contributed by atoms with E-state index >= 15 is 0 Å². The highest BCUT2D eigenvalue weighted by molar-refractivity contribution is 7.17. The lowest BCUT2D eigenvalue weighted by atomic mass is 9.88. The Hall–Kier alpha value is -2.54. The average Bonchev–Trinajstić information content (AvgIpc) is 2.98. The molecule has 6 nitrogen and oxygen atoms in total. The van der Waals surface area contributed by atoms with Crippen molar-refractivity contribution in [3.05, 3.63) is 39.8 Å². The number of amides is 2. The van der Waals surface area contributed by atoms with Crippen LogP contribution in [0, 0.1) is 5.92 Å². The van der Waals surface area contributed by atoms with Gasteiger partial charge in [0.05, 0.1) is 12.0 Å². The van der Waals surface area contributed by atoms with Crippen LogP contribution in [0.4, 0.5) is 5.00 Å².